The summed E-state index contributed by atoms with van der Waals surface area (Å²) in [6, 6.07) is 7.64. The van der Waals surface area contributed by atoms with Gasteiger partial charge in [-0.2, -0.15) is 0 Å². The largest absolute Gasteiger partial charge is 0.508 e. The first-order valence-corrected chi connectivity index (χ1v) is 7.37. The third-order valence-corrected chi connectivity index (χ3v) is 6.15. The first kappa shape index (κ1) is 13.7. The van der Waals surface area contributed by atoms with Gasteiger partial charge in [0.05, 0.1) is 0 Å². The maximum atomic E-state index is 9.96. The summed E-state index contributed by atoms with van der Waals surface area (Å²) in [5.41, 5.74) is 1.24. The second-order valence-electron chi connectivity index (χ2n) is 6.05. The number of aromatic hydroxyl groups is 1. The molecular weight excluding hydrogens is 288 g/mol. The average molecular weight is 309 g/mol. The van der Waals surface area contributed by atoms with Crippen LogP contribution in [0.5, 0.6) is 5.75 Å². The van der Waals surface area contributed by atoms with Gasteiger partial charge in [-0.15, -0.1) is 0 Å². The Morgan fingerprint density at radius 3 is 2.61 bits per heavy atom. The molecule has 0 aromatic heterocycles. The molecule has 0 aliphatic heterocycles. The van der Waals surface area contributed by atoms with Crippen molar-refractivity contribution < 1.29 is 5.11 Å². The number of para-hydroxylation sites is 1. The summed E-state index contributed by atoms with van der Waals surface area (Å²) in [5, 5.41) is 9.96. The van der Waals surface area contributed by atoms with Crippen LogP contribution in [0.4, 0.5) is 0 Å². The minimum Gasteiger partial charge on any atom is -0.508 e. The smallest absolute Gasteiger partial charge is 0.118 e. The molecule has 0 bridgehead atoms. The zero-order chi connectivity index (χ0) is 13.4. The van der Waals surface area contributed by atoms with E-state index in [4.69, 9.17) is 0 Å². The Hall–Kier alpha value is -0.760. The van der Waals surface area contributed by atoms with Crippen LogP contribution in [0.1, 0.15) is 32.8 Å². The molecule has 0 heterocycles. The fourth-order valence-electron chi connectivity index (χ4n) is 2.66. The molecule has 0 radical (unpaired) electrons. The molecule has 2 heteroatoms. The van der Waals surface area contributed by atoms with Crippen molar-refractivity contribution in [1.82, 2.24) is 0 Å². The van der Waals surface area contributed by atoms with Crippen molar-refractivity contribution in [2.24, 2.45) is 10.8 Å². The molecular formula is C16H21BrO. The van der Waals surface area contributed by atoms with Crippen molar-refractivity contribution in [3.05, 3.63) is 42.0 Å². The topological polar surface area (TPSA) is 20.2 Å². The van der Waals surface area contributed by atoms with Crippen LogP contribution in [0.25, 0.3) is 0 Å². The number of hydrogen-bond acceptors (Lipinski definition) is 1. The lowest BCUT2D eigenvalue weighted by atomic mass is 9.59. The molecule has 18 heavy (non-hydrogen) atoms. The van der Waals surface area contributed by atoms with Crippen LogP contribution < -0.4 is 0 Å². The highest BCUT2D eigenvalue weighted by atomic mass is 79.9. The second-order valence-corrected chi connectivity index (χ2v) is 7.16. The first-order chi connectivity index (χ1) is 8.37. The predicted octanol–water partition coefficient (Wildman–Crippen LogP) is 4.69. The summed E-state index contributed by atoms with van der Waals surface area (Å²) in [7, 11) is 0. The fraction of sp³-hybridized carbons (Fsp3) is 0.500. The molecule has 0 saturated carbocycles. The van der Waals surface area contributed by atoms with Crippen LogP contribution in [0, 0.1) is 10.8 Å². The Balaban J connectivity index is 2.35. The zero-order valence-corrected chi connectivity index (χ0v) is 12.9. The average Bonchev–Trinajstić information content (AvgIpc) is 2.30. The van der Waals surface area contributed by atoms with Crippen molar-refractivity contribution in [3.8, 4) is 5.75 Å². The van der Waals surface area contributed by atoms with Crippen molar-refractivity contribution >= 4 is 15.9 Å². The Bertz CT molecular complexity index is 464. The molecule has 0 fully saturated rings. The van der Waals surface area contributed by atoms with Crippen LogP contribution in [0.2, 0.25) is 0 Å². The van der Waals surface area contributed by atoms with Gasteiger partial charge in [-0.05, 0) is 35.3 Å². The Morgan fingerprint density at radius 1 is 1.28 bits per heavy atom. The lowest BCUT2D eigenvalue weighted by molar-refractivity contribution is 0.131. The molecule has 2 atom stereocenters. The fourth-order valence-corrected chi connectivity index (χ4v) is 3.40. The SMILES string of the molecule is CC1(C)[C@@H](Br)CC=C[C@]1(C)Cc1ccccc1O. The molecule has 0 unspecified atom stereocenters. The minimum absolute atomic E-state index is 0.0538. The van der Waals surface area contributed by atoms with Crippen LogP contribution in [0.15, 0.2) is 36.4 Å². The third kappa shape index (κ3) is 2.23. The number of halogens is 1. The lowest BCUT2D eigenvalue weighted by Crippen LogP contribution is -2.44. The van der Waals surface area contributed by atoms with Gasteiger partial charge in [-0.3, -0.25) is 0 Å². The molecule has 0 spiro atoms. The van der Waals surface area contributed by atoms with E-state index in [-0.39, 0.29) is 10.8 Å². The van der Waals surface area contributed by atoms with Gasteiger partial charge >= 0.3 is 0 Å². The van der Waals surface area contributed by atoms with Crippen molar-refractivity contribution in [2.75, 3.05) is 0 Å². The molecule has 98 valence electrons. The maximum absolute atomic E-state index is 9.96. The number of alkyl halides is 1. The molecule has 1 aliphatic carbocycles. The van der Waals surface area contributed by atoms with Gasteiger partial charge in [0, 0.05) is 4.83 Å². The highest BCUT2D eigenvalue weighted by Gasteiger charge is 2.45. The Labute approximate surface area is 118 Å². The van der Waals surface area contributed by atoms with E-state index >= 15 is 0 Å². The van der Waals surface area contributed by atoms with Gasteiger partial charge < -0.3 is 5.11 Å². The summed E-state index contributed by atoms with van der Waals surface area (Å²) in [5.74, 6) is 0.402. The van der Waals surface area contributed by atoms with E-state index < -0.39 is 0 Å². The minimum atomic E-state index is 0.0538. The maximum Gasteiger partial charge on any atom is 0.118 e. The predicted molar refractivity (Wildman–Crippen MR) is 80.2 cm³/mol. The van der Waals surface area contributed by atoms with Gasteiger partial charge in [-0.1, -0.05) is 67.1 Å². The summed E-state index contributed by atoms with van der Waals surface area (Å²) >= 11 is 3.80. The Kier molecular flexibility index (Phi) is 3.59. The van der Waals surface area contributed by atoms with Gasteiger partial charge in [0.1, 0.15) is 5.75 Å². The normalized spacial score (nSPS) is 30.3. The number of phenolic OH excluding ortho intramolecular Hbond substituents is 1. The zero-order valence-electron chi connectivity index (χ0n) is 11.3. The van der Waals surface area contributed by atoms with E-state index in [1.54, 1.807) is 6.07 Å². The molecule has 1 aromatic rings. The van der Waals surface area contributed by atoms with Gasteiger partial charge in [0.15, 0.2) is 0 Å². The number of rotatable bonds is 2. The summed E-state index contributed by atoms with van der Waals surface area (Å²) in [6.45, 7) is 6.88. The van der Waals surface area contributed by atoms with Gasteiger partial charge in [-0.25, -0.2) is 0 Å². The van der Waals surface area contributed by atoms with Crippen LogP contribution in [-0.2, 0) is 6.42 Å². The van der Waals surface area contributed by atoms with Crippen molar-refractivity contribution in [3.63, 3.8) is 0 Å². The van der Waals surface area contributed by atoms with Crippen molar-refractivity contribution in [2.45, 2.75) is 38.4 Å². The monoisotopic (exact) mass is 308 g/mol. The van der Waals surface area contributed by atoms with E-state index in [0.717, 1.165) is 18.4 Å². The molecule has 1 N–H and O–H groups in total. The molecule has 1 nitrogen and oxygen atoms in total. The third-order valence-electron chi connectivity index (χ3n) is 4.63. The van der Waals surface area contributed by atoms with E-state index in [1.165, 1.54) is 0 Å². The molecule has 1 aliphatic rings. The number of benzene rings is 1. The van der Waals surface area contributed by atoms with Gasteiger partial charge in [0.25, 0.3) is 0 Å². The summed E-state index contributed by atoms with van der Waals surface area (Å²) in [4.78, 5) is 0.478. The molecule has 2 rings (SSSR count). The lowest BCUT2D eigenvalue weighted by Gasteiger charge is -2.48. The van der Waals surface area contributed by atoms with Gasteiger partial charge in [0.2, 0.25) is 0 Å². The van der Waals surface area contributed by atoms with Crippen molar-refractivity contribution in [1.29, 1.82) is 0 Å². The highest BCUT2D eigenvalue weighted by molar-refractivity contribution is 9.09. The van der Waals surface area contributed by atoms with Crippen LogP contribution in [0.3, 0.4) is 0 Å². The quantitative estimate of drug-likeness (QED) is 0.620. The number of phenols is 1. The molecule has 1 aromatic carbocycles. The standard InChI is InChI=1S/C16H21BrO/c1-15(2)14(17)9-6-10-16(15,3)11-12-7-4-5-8-13(12)18/h4-8,10,14,18H,9,11H2,1-3H3/t14-,16+/m0/s1. The number of allylic oxidation sites excluding steroid dienone is 2. The summed E-state index contributed by atoms with van der Waals surface area (Å²) < 4.78 is 0. The van der Waals surface area contributed by atoms with Crippen LogP contribution >= 0.6 is 15.9 Å². The summed E-state index contributed by atoms with van der Waals surface area (Å²) in [6.07, 6.45) is 6.51. The number of hydrogen-bond donors (Lipinski definition) is 1. The molecule has 0 saturated heterocycles. The van der Waals surface area contributed by atoms with E-state index in [1.807, 2.05) is 18.2 Å². The Morgan fingerprint density at radius 2 is 1.94 bits per heavy atom. The second kappa shape index (κ2) is 4.73. The van der Waals surface area contributed by atoms with E-state index in [9.17, 15) is 5.11 Å². The van der Waals surface area contributed by atoms with E-state index in [0.29, 0.717) is 10.6 Å². The van der Waals surface area contributed by atoms with E-state index in [2.05, 4.69) is 48.9 Å². The van der Waals surface area contributed by atoms with Crippen LogP contribution in [-0.4, -0.2) is 9.93 Å². The highest BCUT2D eigenvalue weighted by Crippen LogP contribution is 2.51. The molecule has 0 amide bonds. The first-order valence-electron chi connectivity index (χ1n) is 6.45.